The lowest BCUT2D eigenvalue weighted by Gasteiger charge is -2.22. The Morgan fingerprint density at radius 3 is 2.79 bits per heavy atom. The maximum Gasteiger partial charge on any atom is 0.146 e. The Hall–Kier alpha value is -1.54. The molecular weight excluding hydrogens is 380 g/mol. The third-order valence-electron chi connectivity index (χ3n) is 5.94. The number of nitrogens with zero attached hydrogens (tertiary/aromatic N) is 3. The predicted molar refractivity (Wildman–Crippen MR) is 120 cm³/mol. The fourth-order valence-electron chi connectivity index (χ4n) is 4.19. The summed E-state index contributed by atoms with van der Waals surface area (Å²) in [5.41, 5.74) is 4.82. The van der Waals surface area contributed by atoms with Gasteiger partial charge < -0.3 is 19.4 Å². The third-order valence-corrected chi connectivity index (χ3v) is 7.64. The van der Waals surface area contributed by atoms with Crippen molar-refractivity contribution in [3.8, 4) is 0 Å². The summed E-state index contributed by atoms with van der Waals surface area (Å²) in [4.78, 5) is 9.43. The minimum atomic E-state index is -1.09. The maximum atomic E-state index is 6.08. The van der Waals surface area contributed by atoms with Crippen molar-refractivity contribution in [3.05, 3.63) is 29.9 Å². The molecule has 2 aliphatic heterocycles. The Balaban J connectivity index is 1.68. The molecule has 158 valence electrons. The minimum absolute atomic E-state index is 0.501. The van der Waals surface area contributed by atoms with Gasteiger partial charge in [0.25, 0.3) is 0 Å². The summed E-state index contributed by atoms with van der Waals surface area (Å²) >= 11 is 0. The van der Waals surface area contributed by atoms with Crippen LogP contribution in [0.3, 0.4) is 0 Å². The van der Waals surface area contributed by atoms with Crippen LogP contribution >= 0.6 is 0 Å². The molecule has 7 heteroatoms. The highest BCUT2D eigenvalue weighted by Crippen LogP contribution is 2.37. The number of rotatable bonds is 7. The molecule has 4 rings (SSSR count). The number of ether oxygens (including phenoxy) is 2. The molecule has 0 atom stereocenters. The van der Waals surface area contributed by atoms with E-state index >= 15 is 0 Å². The van der Waals surface area contributed by atoms with Crippen molar-refractivity contribution < 1.29 is 9.47 Å². The molecule has 1 N–H and O–H groups in total. The number of aromatic nitrogens is 3. The lowest BCUT2D eigenvalue weighted by atomic mass is 9.90. The highest BCUT2D eigenvalue weighted by atomic mass is 28.3. The van der Waals surface area contributed by atoms with E-state index in [1.165, 1.54) is 22.6 Å². The summed E-state index contributed by atoms with van der Waals surface area (Å²) < 4.78 is 13.9. The molecule has 1 fully saturated rings. The van der Waals surface area contributed by atoms with Gasteiger partial charge in [-0.25, -0.2) is 9.97 Å². The van der Waals surface area contributed by atoms with Crippen molar-refractivity contribution in [1.29, 1.82) is 0 Å². The second-order valence-electron chi connectivity index (χ2n) is 9.39. The number of hydrogen-bond acceptors (Lipinski definition) is 5. The van der Waals surface area contributed by atoms with Gasteiger partial charge in [-0.1, -0.05) is 25.7 Å². The predicted octanol–water partition coefficient (Wildman–Crippen LogP) is 4.01. The zero-order valence-electron chi connectivity index (χ0n) is 18.0. The van der Waals surface area contributed by atoms with E-state index in [9.17, 15) is 0 Å². The first kappa shape index (κ1) is 20.7. The van der Waals surface area contributed by atoms with Crippen molar-refractivity contribution in [1.82, 2.24) is 19.9 Å². The molecule has 0 aliphatic carbocycles. The summed E-state index contributed by atoms with van der Waals surface area (Å²) in [5, 5.41) is 4.63. The van der Waals surface area contributed by atoms with E-state index in [-0.39, 0.29) is 0 Å². The van der Waals surface area contributed by atoms with Gasteiger partial charge in [0.05, 0.1) is 5.69 Å². The average molecular weight is 415 g/mol. The summed E-state index contributed by atoms with van der Waals surface area (Å²) in [5.74, 6) is 0.501. The van der Waals surface area contributed by atoms with Crippen molar-refractivity contribution in [3.63, 3.8) is 0 Å². The van der Waals surface area contributed by atoms with Gasteiger partial charge in [0.1, 0.15) is 18.7 Å². The molecule has 2 aromatic heterocycles. The minimum Gasteiger partial charge on any atom is -0.381 e. The molecule has 4 heterocycles. The van der Waals surface area contributed by atoms with Crippen LogP contribution in [-0.2, 0) is 16.2 Å². The fraction of sp³-hybridized carbons (Fsp3) is 0.636. The van der Waals surface area contributed by atoms with Crippen LogP contribution < -0.4 is 5.32 Å². The van der Waals surface area contributed by atoms with Gasteiger partial charge in [-0.3, -0.25) is 0 Å². The van der Waals surface area contributed by atoms with Gasteiger partial charge in [-0.2, -0.15) is 0 Å². The SMILES string of the molecule is C[Si](C)(C)CCOCn1cc(C2CCOCC2)c2c(C3=CCNCC3)ncnc21. The van der Waals surface area contributed by atoms with Gasteiger partial charge >= 0.3 is 0 Å². The summed E-state index contributed by atoms with van der Waals surface area (Å²) in [7, 11) is -1.09. The summed E-state index contributed by atoms with van der Waals surface area (Å²) in [6, 6.07) is 1.18. The van der Waals surface area contributed by atoms with Gasteiger partial charge in [-0.05, 0) is 48.9 Å². The molecule has 6 nitrogen and oxygen atoms in total. The molecule has 0 bridgehead atoms. The Morgan fingerprint density at radius 2 is 2.07 bits per heavy atom. The Bertz CT molecular complexity index is 866. The smallest absolute Gasteiger partial charge is 0.146 e. The molecule has 0 amide bonds. The number of hydrogen-bond donors (Lipinski definition) is 1. The lowest BCUT2D eigenvalue weighted by Crippen LogP contribution is -2.22. The molecule has 0 spiro atoms. The zero-order chi connectivity index (χ0) is 20.3. The van der Waals surface area contributed by atoms with E-state index in [1.54, 1.807) is 6.33 Å². The van der Waals surface area contributed by atoms with Crippen molar-refractivity contribution in [2.45, 2.75) is 57.6 Å². The Morgan fingerprint density at radius 1 is 1.24 bits per heavy atom. The first-order valence-electron chi connectivity index (χ1n) is 10.9. The van der Waals surface area contributed by atoms with Crippen molar-refractivity contribution in [2.24, 2.45) is 0 Å². The number of fused-ring (bicyclic) bond motifs is 1. The zero-order valence-corrected chi connectivity index (χ0v) is 19.0. The first-order valence-corrected chi connectivity index (χ1v) is 14.6. The van der Waals surface area contributed by atoms with Gasteiger partial charge in [-0.15, -0.1) is 0 Å². The normalized spacial score (nSPS) is 18.9. The van der Waals surface area contributed by atoms with Crippen LogP contribution in [0.5, 0.6) is 0 Å². The van der Waals surface area contributed by atoms with Gasteiger partial charge in [0.15, 0.2) is 0 Å². The molecule has 1 saturated heterocycles. The largest absolute Gasteiger partial charge is 0.381 e. The average Bonchev–Trinajstić information content (AvgIpc) is 3.11. The maximum absolute atomic E-state index is 6.08. The molecule has 0 radical (unpaired) electrons. The van der Waals surface area contributed by atoms with Crippen molar-refractivity contribution >= 4 is 24.7 Å². The monoisotopic (exact) mass is 414 g/mol. The van der Waals surface area contributed by atoms with E-state index in [2.05, 4.69) is 46.8 Å². The van der Waals surface area contributed by atoms with Crippen molar-refractivity contribution in [2.75, 3.05) is 32.9 Å². The lowest BCUT2D eigenvalue weighted by molar-refractivity contribution is 0.0840. The Labute approximate surface area is 174 Å². The van der Waals surface area contributed by atoms with Gasteiger partial charge in [0, 0.05) is 46.0 Å². The van der Waals surface area contributed by atoms with Crippen LogP contribution in [-0.4, -0.2) is 55.5 Å². The van der Waals surface area contributed by atoms with E-state index in [0.717, 1.165) is 63.5 Å². The highest BCUT2D eigenvalue weighted by Gasteiger charge is 2.25. The van der Waals surface area contributed by atoms with Crippen LogP contribution in [0.4, 0.5) is 0 Å². The molecule has 0 saturated carbocycles. The topological polar surface area (TPSA) is 61.2 Å². The molecule has 2 aromatic rings. The van der Waals surface area contributed by atoms with Crippen LogP contribution in [0.1, 0.15) is 36.4 Å². The quantitative estimate of drug-likeness (QED) is 0.548. The second-order valence-corrected chi connectivity index (χ2v) is 15.0. The van der Waals surface area contributed by atoms with Crippen LogP contribution in [0.2, 0.25) is 25.7 Å². The number of nitrogens with one attached hydrogen (secondary N) is 1. The second kappa shape index (κ2) is 9.08. The fourth-order valence-corrected chi connectivity index (χ4v) is 4.95. The van der Waals surface area contributed by atoms with Crippen LogP contribution in [0, 0.1) is 0 Å². The highest BCUT2D eigenvalue weighted by molar-refractivity contribution is 6.76. The van der Waals surface area contributed by atoms with Crippen LogP contribution in [0.15, 0.2) is 18.6 Å². The van der Waals surface area contributed by atoms with E-state index in [4.69, 9.17) is 14.5 Å². The molecule has 29 heavy (non-hydrogen) atoms. The first-order chi connectivity index (χ1) is 14.0. The summed E-state index contributed by atoms with van der Waals surface area (Å²) in [6.07, 6.45) is 9.40. The van der Waals surface area contributed by atoms with E-state index in [1.807, 2.05) is 0 Å². The van der Waals surface area contributed by atoms with E-state index in [0.29, 0.717) is 12.6 Å². The molecular formula is C22H34N4O2Si. The standard InChI is InChI=1S/C22H34N4O2Si/c1-29(2,3)13-12-28-16-26-14-19(17-6-10-27-11-7-17)20-21(24-15-25-22(20)26)18-4-8-23-9-5-18/h4,14-15,17,23H,5-13,16H2,1-3H3. The Kier molecular flexibility index (Phi) is 6.49. The van der Waals surface area contributed by atoms with Gasteiger partial charge in [0.2, 0.25) is 0 Å². The molecule has 2 aliphatic rings. The summed E-state index contributed by atoms with van der Waals surface area (Å²) in [6.45, 7) is 12.1. The molecule has 0 aromatic carbocycles. The van der Waals surface area contributed by atoms with Crippen LogP contribution in [0.25, 0.3) is 16.6 Å². The van der Waals surface area contributed by atoms with E-state index < -0.39 is 8.07 Å². The third kappa shape index (κ3) is 4.96. The molecule has 0 unspecified atom stereocenters.